The summed E-state index contributed by atoms with van der Waals surface area (Å²) in [5, 5.41) is 0. The van der Waals surface area contributed by atoms with Gasteiger partial charge in [-0.05, 0) is 12.8 Å². The lowest BCUT2D eigenvalue weighted by molar-refractivity contribution is 0.468. The number of rotatable bonds is 0. The molecular formula is C6H13O2P. The molecule has 0 radical (unpaired) electrons. The van der Waals surface area contributed by atoms with E-state index in [1.54, 1.807) is 0 Å². The first-order valence-corrected chi connectivity index (χ1v) is 5.17. The average molecular weight is 148 g/mol. The van der Waals surface area contributed by atoms with E-state index < -0.39 is 7.37 Å². The molecule has 1 heterocycles. The molecule has 0 spiro atoms. The monoisotopic (exact) mass is 148 g/mol. The second kappa shape index (κ2) is 2.10. The largest absolute Gasteiger partial charge is 0.344 e. The van der Waals surface area contributed by atoms with Gasteiger partial charge in [-0.3, -0.25) is 4.57 Å². The van der Waals surface area contributed by atoms with Crippen LogP contribution in [0.4, 0.5) is 0 Å². The first kappa shape index (κ1) is 7.30. The van der Waals surface area contributed by atoms with Gasteiger partial charge >= 0.3 is 0 Å². The fourth-order valence-electron chi connectivity index (χ4n) is 1.29. The van der Waals surface area contributed by atoms with Crippen molar-refractivity contribution in [3.8, 4) is 0 Å². The van der Waals surface area contributed by atoms with Crippen LogP contribution in [0, 0.1) is 0 Å². The Morgan fingerprint density at radius 2 is 1.67 bits per heavy atom. The summed E-state index contributed by atoms with van der Waals surface area (Å²) in [6.45, 7) is 3.73. The van der Waals surface area contributed by atoms with Gasteiger partial charge in [0.05, 0.1) is 0 Å². The summed E-state index contributed by atoms with van der Waals surface area (Å²) in [5.74, 6) is 0. The van der Waals surface area contributed by atoms with Crippen molar-refractivity contribution in [3.05, 3.63) is 0 Å². The van der Waals surface area contributed by atoms with Crippen LogP contribution in [-0.4, -0.2) is 16.2 Å². The topological polar surface area (TPSA) is 37.3 Å². The molecule has 1 aliphatic rings. The maximum Gasteiger partial charge on any atom is 0.206 e. The van der Waals surface area contributed by atoms with E-state index in [1.807, 2.05) is 13.8 Å². The highest BCUT2D eigenvalue weighted by atomic mass is 31.2. The predicted octanol–water partition coefficient (Wildman–Crippen LogP) is 1.83. The average Bonchev–Trinajstić information content (AvgIpc) is 1.96. The quantitative estimate of drug-likeness (QED) is 0.532. The lowest BCUT2D eigenvalue weighted by Crippen LogP contribution is -1.99. The molecule has 0 aromatic rings. The van der Waals surface area contributed by atoms with E-state index >= 15 is 0 Å². The normalized spacial score (nSPS) is 51.9. The SMILES string of the molecule is CC1CCC(C)P1(=O)O. The van der Waals surface area contributed by atoms with Gasteiger partial charge in [0.25, 0.3) is 0 Å². The Labute approximate surface area is 55.7 Å². The molecule has 1 aliphatic heterocycles. The highest BCUT2D eigenvalue weighted by Crippen LogP contribution is 2.59. The third kappa shape index (κ3) is 1.06. The van der Waals surface area contributed by atoms with Crippen LogP contribution in [0.3, 0.4) is 0 Å². The minimum absolute atomic E-state index is 0.0486. The van der Waals surface area contributed by atoms with Gasteiger partial charge in [-0.1, -0.05) is 13.8 Å². The van der Waals surface area contributed by atoms with Crippen LogP contribution in [-0.2, 0) is 4.57 Å². The molecule has 1 saturated heterocycles. The van der Waals surface area contributed by atoms with Crippen LogP contribution >= 0.6 is 7.37 Å². The Bertz CT molecular complexity index is 141. The van der Waals surface area contributed by atoms with Crippen molar-refractivity contribution in [2.45, 2.75) is 38.0 Å². The van der Waals surface area contributed by atoms with Gasteiger partial charge < -0.3 is 4.89 Å². The highest BCUT2D eigenvalue weighted by molar-refractivity contribution is 7.59. The Hall–Kier alpha value is 0.190. The summed E-state index contributed by atoms with van der Waals surface area (Å²) in [6, 6.07) is 0. The molecule has 1 fully saturated rings. The Morgan fingerprint density at radius 1 is 1.33 bits per heavy atom. The van der Waals surface area contributed by atoms with E-state index in [1.165, 1.54) is 0 Å². The summed E-state index contributed by atoms with van der Waals surface area (Å²) in [4.78, 5) is 9.29. The van der Waals surface area contributed by atoms with Crippen molar-refractivity contribution in [2.75, 3.05) is 0 Å². The van der Waals surface area contributed by atoms with Crippen LogP contribution in [0.25, 0.3) is 0 Å². The zero-order valence-electron chi connectivity index (χ0n) is 5.87. The van der Waals surface area contributed by atoms with Gasteiger partial charge in [-0.15, -0.1) is 0 Å². The summed E-state index contributed by atoms with van der Waals surface area (Å²) < 4.78 is 11.2. The number of hydrogen-bond acceptors (Lipinski definition) is 1. The molecule has 1 rings (SSSR count). The van der Waals surface area contributed by atoms with Crippen molar-refractivity contribution in [3.63, 3.8) is 0 Å². The number of hydrogen-bond donors (Lipinski definition) is 1. The summed E-state index contributed by atoms with van der Waals surface area (Å²) in [5.41, 5.74) is 0.0972. The minimum Gasteiger partial charge on any atom is -0.344 e. The molecule has 3 heteroatoms. The molecule has 0 aliphatic carbocycles. The third-order valence-corrected chi connectivity index (χ3v) is 5.31. The lowest BCUT2D eigenvalue weighted by atomic mass is 10.2. The van der Waals surface area contributed by atoms with Gasteiger partial charge in [0.15, 0.2) is 0 Å². The highest BCUT2D eigenvalue weighted by Gasteiger charge is 2.39. The molecule has 2 atom stereocenters. The van der Waals surface area contributed by atoms with Crippen molar-refractivity contribution < 1.29 is 9.46 Å². The Kier molecular flexibility index (Phi) is 1.71. The molecule has 1 N–H and O–H groups in total. The predicted molar refractivity (Wildman–Crippen MR) is 38.0 cm³/mol. The van der Waals surface area contributed by atoms with Crippen molar-refractivity contribution in [1.82, 2.24) is 0 Å². The molecule has 0 aromatic heterocycles. The molecule has 0 aromatic carbocycles. The maximum atomic E-state index is 11.2. The Morgan fingerprint density at radius 3 is 1.78 bits per heavy atom. The van der Waals surface area contributed by atoms with Crippen molar-refractivity contribution in [1.29, 1.82) is 0 Å². The van der Waals surface area contributed by atoms with E-state index in [9.17, 15) is 9.46 Å². The second-order valence-corrected chi connectivity index (χ2v) is 6.06. The molecular weight excluding hydrogens is 135 g/mol. The van der Waals surface area contributed by atoms with Gasteiger partial charge in [0.2, 0.25) is 7.37 Å². The van der Waals surface area contributed by atoms with E-state index in [2.05, 4.69) is 0 Å². The molecule has 2 nitrogen and oxygen atoms in total. The molecule has 2 unspecified atom stereocenters. The fraction of sp³-hybridized carbons (Fsp3) is 1.00. The zero-order chi connectivity index (χ0) is 7.07. The van der Waals surface area contributed by atoms with Crippen LogP contribution in [0.2, 0.25) is 0 Å². The Balaban J connectivity index is 2.79. The molecule has 54 valence electrons. The maximum absolute atomic E-state index is 11.2. The van der Waals surface area contributed by atoms with Crippen LogP contribution in [0.1, 0.15) is 26.7 Å². The van der Waals surface area contributed by atoms with Gasteiger partial charge in [-0.2, -0.15) is 0 Å². The summed E-state index contributed by atoms with van der Waals surface area (Å²) in [7, 11) is -2.73. The molecule has 0 bridgehead atoms. The second-order valence-electron chi connectivity index (χ2n) is 2.95. The van der Waals surface area contributed by atoms with Gasteiger partial charge in [-0.25, -0.2) is 0 Å². The summed E-state index contributed by atoms with van der Waals surface area (Å²) >= 11 is 0. The van der Waals surface area contributed by atoms with Gasteiger partial charge in [0.1, 0.15) is 0 Å². The molecule has 0 saturated carbocycles. The smallest absolute Gasteiger partial charge is 0.206 e. The van der Waals surface area contributed by atoms with Crippen molar-refractivity contribution in [2.24, 2.45) is 0 Å². The minimum atomic E-state index is -2.73. The first-order chi connectivity index (χ1) is 4.05. The third-order valence-electron chi connectivity index (χ3n) is 2.27. The van der Waals surface area contributed by atoms with E-state index in [0.29, 0.717) is 0 Å². The molecule has 0 amide bonds. The summed E-state index contributed by atoms with van der Waals surface area (Å²) in [6.07, 6.45) is 1.85. The van der Waals surface area contributed by atoms with E-state index in [-0.39, 0.29) is 11.3 Å². The van der Waals surface area contributed by atoms with Gasteiger partial charge in [0, 0.05) is 11.3 Å². The van der Waals surface area contributed by atoms with E-state index in [4.69, 9.17) is 0 Å². The first-order valence-electron chi connectivity index (χ1n) is 3.37. The lowest BCUT2D eigenvalue weighted by Gasteiger charge is -2.12. The van der Waals surface area contributed by atoms with Crippen LogP contribution in [0.5, 0.6) is 0 Å². The fourth-order valence-corrected chi connectivity index (χ4v) is 3.19. The molecule has 9 heavy (non-hydrogen) atoms. The zero-order valence-corrected chi connectivity index (χ0v) is 6.77. The van der Waals surface area contributed by atoms with Crippen LogP contribution in [0.15, 0.2) is 0 Å². The van der Waals surface area contributed by atoms with Crippen LogP contribution < -0.4 is 0 Å². The standard InChI is InChI=1S/C6H13O2P/c1-5-3-4-6(2)9(5,7)8/h5-6H,3-4H2,1-2H3,(H,7,8). The van der Waals surface area contributed by atoms with E-state index in [0.717, 1.165) is 12.8 Å². The van der Waals surface area contributed by atoms with Crippen molar-refractivity contribution >= 4 is 7.37 Å².